The second-order valence-corrected chi connectivity index (χ2v) is 3.35. The Hall–Kier alpha value is -0.880. The first-order chi connectivity index (χ1) is 5.12. The molecule has 0 rings (SSSR count). The predicted octanol–water partition coefficient (Wildman–Crippen LogP) is -1.29. The van der Waals surface area contributed by atoms with Gasteiger partial charge in [0.25, 0.3) is 0 Å². The van der Waals surface area contributed by atoms with Gasteiger partial charge in [-0.05, 0) is 0 Å². The fraction of sp³-hybridized carbons (Fsp3) is 0.400. The zero-order valence-electron chi connectivity index (χ0n) is 5.83. The molecule has 1 amide bonds. The molecule has 1 radical (unpaired) electrons. The summed E-state index contributed by atoms with van der Waals surface area (Å²) in [6.45, 7) is 3.44. The standard InChI is InChI=1S/C5H9N2O3S/c1-2-11(9,10)7-4-3-6-5-8/h2,7H,1,3-4H2,(H,6,8). The van der Waals surface area contributed by atoms with Gasteiger partial charge < -0.3 is 5.32 Å². The second kappa shape index (κ2) is 4.86. The molecule has 0 spiro atoms. The molecule has 2 N–H and O–H groups in total. The van der Waals surface area contributed by atoms with Crippen LogP contribution in [0.25, 0.3) is 0 Å². The number of hydrogen-bond acceptors (Lipinski definition) is 3. The zero-order chi connectivity index (χ0) is 8.74. The lowest BCUT2D eigenvalue weighted by atomic mass is 10.7. The van der Waals surface area contributed by atoms with Crippen molar-refractivity contribution in [2.24, 2.45) is 0 Å². The van der Waals surface area contributed by atoms with Crippen molar-refractivity contribution < 1.29 is 13.2 Å². The molecule has 0 saturated heterocycles. The van der Waals surface area contributed by atoms with Gasteiger partial charge in [0.15, 0.2) is 0 Å². The van der Waals surface area contributed by atoms with Gasteiger partial charge in [-0.25, -0.2) is 13.1 Å². The summed E-state index contributed by atoms with van der Waals surface area (Å²) in [5.74, 6) is 0. The van der Waals surface area contributed by atoms with Gasteiger partial charge in [-0.3, -0.25) is 4.79 Å². The molecule has 0 aliphatic carbocycles. The molecule has 0 saturated carbocycles. The molecule has 0 aromatic carbocycles. The Bertz CT molecular complexity index is 222. The quantitative estimate of drug-likeness (QED) is 0.391. The summed E-state index contributed by atoms with van der Waals surface area (Å²) in [5, 5.41) is 2.98. The molecule has 0 unspecified atom stereocenters. The van der Waals surface area contributed by atoms with Gasteiger partial charge in [0.1, 0.15) is 0 Å². The number of nitrogens with one attached hydrogen (secondary N) is 2. The molecule has 0 heterocycles. The van der Waals surface area contributed by atoms with E-state index >= 15 is 0 Å². The molecular formula is C5H9N2O3S. The first-order valence-electron chi connectivity index (χ1n) is 2.84. The van der Waals surface area contributed by atoms with Crippen molar-refractivity contribution in [3.8, 4) is 0 Å². The smallest absolute Gasteiger partial charge is 0.309 e. The van der Waals surface area contributed by atoms with Crippen LogP contribution < -0.4 is 10.0 Å². The van der Waals surface area contributed by atoms with Crippen molar-refractivity contribution in [3.05, 3.63) is 12.0 Å². The van der Waals surface area contributed by atoms with Crippen molar-refractivity contribution in [3.63, 3.8) is 0 Å². The maximum absolute atomic E-state index is 10.6. The topological polar surface area (TPSA) is 75.3 Å². The van der Waals surface area contributed by atoms with Crippen molar-refractivity contribution in [2.75, 3.05) is 13.1 Å². The Labute approximate surface area is 65.5 Å². The van der Waals surface area contributed by atoms with Gasteiger partial charge in [-0.15, -0.1) is 0 Å². The summed E-state index contributed by atoms with van der Waals surface area (Å²) in [5.41, 5.74) is 0. The third-order valence-corrected chi connectivity index (χ3v) is 1.89. The van der Waals surface area contributed by atoms with Crippen LogP contribution in [0.15, 0.2) is 12.0 Å². The molecular weight excluding hydrogens is 168 g/mol. The van der Waals surface area contributed by atoms with Crippen LogP contribution >= 0.6 is 0 Å². The highest BCUT2D eigenvalue weighted by atomic mass is 32.2. The maximum atomic E-state index is 10.6. The van der Waals surface area contributed by atoms with Crippen LogP contribution in [0.4, 0.5) is 0 Å². The average molecular weight is 177 g/mol. The van der Waals surface area contributed by atoms with E-state index in [2.05, 4.69) is 16.6 Å². The minimum Gasteiger partial charge on any atom is -0.347 e. The molecule has 5 nitrogen and oxygen atoms in total. The van der Waals surface area contributed by atoms with Crippen LogP contribution in [0.3, 0.4) is 0 Å². The Morgan fingerprint density at radius 1 is 1.45 bits per heavy atom. The van der Waals surface area contributed by atoms with Crippen molar-refractivity contribution in [1.29, 1.82) is 0 Å². The predicted molar refractivity (Wildman–Crippen MR) is 40.8 cm³/mol. The Kier molecular flexibility index (Phi) is 4.47. The summed E-state index contributed by atoms with van der Waals surface area (Å²) in [6.07, 6.45) is 1.41. The highest BCUT2D eigenvalue weighted by molar-refractivity contribution is 7.92. The third-order valence-electron chi connectivity index (χ3n) is 0.845. The van der Waals surface area contributed by atoms with Crippen LogP contribution in [-0.4, -0.2) is 27.9 Å². The highest BCUT2D eigenvalue weighted by Crippen LogP contribution is 1.80. The van der Waals surface area contributed by atoms with Crippen LogP contribution in [0.1, 0.15) is 0 Å². The summed E-state index contributed by atoms with van der Waals surface area (Å²) < 4.78 is 23.4. The van der Waals surface area contributed by atoms with Crippen molar-refractivity contribution in [1.82, 2.24) is 10.0 Å². The van der Waals surface area contributed by atoms with Crippen molar-refractivity contribution >= 4 is 16.4 Å². The molecule has 0 fully saturated rings. The van der Waals surface area contributed by atoms with Crippen LogP contribution in [-0.2, 0) is 14.8 Å². The largest absolute Gasteiger partial charge is 0.347 e. The summed E-state index contributed by atoms with van der Waals surface area (Å²) in [7, 11) is -3.36. The Morgan fingerprint density at radius 3 is 2.55 bits per heavy atom. The minimum atomic E-state index is -3.36. The molecule has 0 bridgehead atoms. The van der Waals surface area contributed by atoms with Gasteiger partial charge in [0.2, 0.25) is 10.0 Å². The van der Waals surface area contributed by atoms with E-state index in [1.165, 1.54) is 6.41 Å². The molecule has 0 aliphatic rings. The highest BCUT2D eigenvalue weighted by Gasteiger charge is 2.00. The molecule has 0 aromatic heterocycles. The number of sulfonamides is 1. The minimum absolute atomic E-state index is 0.142. The van der Waals surface area contributed by atoms with Crippen LogP contribution in [0.2, 0.25) is 0 Å². The monoisotopic (exact) mass is 177 g/mol. The average Bonchev–Trinajstić information content (AvgIpc) is 1.99. The molecule has 6 heteroatoms. The normalized spacial score (nSPS) is 10.5. The second-order valence-electron chi connectivity index (χ2n) is 1.63. The van der Waals surface area contributed by atoms with Gasteiger partial charge in [-0.2, -0.15) is 0 Å². The molecule has 11 heavy (non-hydrogen) atoms. The van der Waals surface area contributed by atoms with E-state index in [1.54, 1.807) is 0 Å². The van der Waals surface area contributed by atoms with Gasteiger partial charge in [0.05, 0.1) is 0 Å². The van der Waals surface area contributed by atoms with Crippen LogP contribution in [0.5, 0.6) is 0 Å². The van der Waals surface area contributed by atoms with E-state index in [1.807, 2.05) is 0 Å². The fourth-order valence-electron chi connectivity index (χ4n) is 0.366. The van der Waals surface area contributed by atoms with E-state index < -0.39 is 10.0 Å². The lowest BCUT2D eigenvalue weighted by molar-refractivity contribution is 0.540. The molecule has 63 valence electrons. The molecule has 0 atom stereocenters. The number of amides is 1. The SMILES string of the molecule is C=CS(=O)(=O)NCCN[C]=O. The first-order valence-corrected chi connectivity index (χ1v) is 4.39. The number of rotatable bonds is 6. The van der Waals surface area contributed by atoms with Gasteiger partial charge in [0, 0.05) is 18.5 Å². The molecule has 0 aliphatic heterocycles. The Morgan fingerprint density at radius 2 is 2.09 bits per heavy atom. The summed E-state index contributed by atoms with van der Waals surface area (Å²) in [4.78, 5) is 9.57. The van der Waals surface area contributed by atoms with Gasteiger partial charge in [-0.1, -0.05) is 6.58 Å². The number of carbonyl (C=O) groups excluding carboxylic acids is 1. The van der Waals surface area contributed by atoms with E-state index in [9.17, 15) is 13.2 Å². The summed E-state index contributed by atoms with van der Waals surface area (Å²) in [6, 6.07) is 0. The fourth-order valence-corrected chi connectivity index (χ4v) is 0.870. The third kappa shape index (κ3) is 5.56. The molecule has 0 aromatic rings. The van der Waals surface area contributed by atoms with Gasteiger partial charge >= 0.3 is 6.41 Å². The zero-order valence-corrected chi connectivity index (χ0v) is 6.65. The summed E-state index contributed by atoms with van der Waals surface area (Å²) >= 11 is 0. The Balaban J connectivity index is 3.54. The van der Waals surface area contributed by atoms with E-state index in [0.717, 1.165) is 5.41 Å². The first kappa shape index (κ1) is 10.1. The number of hydrogen-bond donors (Lipinski definition) is 2. The maximum Gasteiger partial charge on any atom is 0.309 e. The van der Waals surface area contributed by atoms with E-state index in [-0.39, 0.29) is 13.1 Å². The van der Waals surface area contributed by atoms with Crippen LogP contribution in [0, 0.1) is 0 Å². The lowest BCUT2D eigenvalue weighted by Gasteiger charge is -1.99. The van der Waals surface area contributed by atoms with E-state index in [0.29, 0.717) is 0 Å². The lowest BCUT2D eigenvalue weighted by Crippen LogP contribution is -2.29. The van der Waals surface area contributed by atoms with Crippen molar-refractivity contribution in [2.45, 2.75) is 0 Å². The van der Waals surface area contributed by atoms with E-state index in [4.69, 9.17) is 0 Å².